The Hall–Kier alpha value is -2.06. The highest BCUT2D eigenvalue weighted by Crippen LogP contribution is 2.29. The number of furan rings is 1. The van der Waals surface area contributed by atoms with Crippen LogP contribution in [0.4, 0.5) is 5.88 Å². The maximum Gasteiger partial charge on any atom is 0.433 e. The van der Waals surface area contributed by atoms with Crippen molar-refractivity contribution in [2.45, 2.75) is 0 Å². The molecule has 0 bridgehead atoms. The van der Waals surface area contributed by atoms with Crippen molar-refractivity contribution in [1.82, 2.24) is 0 Å². The number of carbonyl (C=O) groups is 1. The molecule has 0 unspecified atom stereocenters. The van der Waals surface area contributed by atoms with E-state index in [1.165, 1.54) is 30.0 Å². The molecule has 8 heteroatoms. The third-order valence-corrected chi connectivity index (χ3v) is 4.24. The van der Waals surface area contributed by atoms with E-state index in [0.29, 0.717) is 21.6 Å². The van der Waals surface area contributed by atoms with Gasteiger partial charge in [0.2, 0.25) is 5.12 Å². The van der Waals surface area contributed by atoms with Gasteiger partial charge in [0.05, 0.1) is 6.07 Å². The summed E-state index contributed by atoms with van der Waals surface area (Å²) < 4.78 is 5.64. The molecule has 0 N–H and O–H groups in total. The number of hydrogen-bond acceptors (Lipinski definition) is 7. The molecule has 0 atom stereocenters. The highest BCUT2D eigenvalue weighted by molar-refractivity contribution is 8.45. The summed E-state index contributed by atoms with van der Waals surface area (Å²) in [6, 6.07) is 2.75. The van der Waals surface area contributed by atoms with Crippen molar-refractivity contribution in [3.05, 3.63) is 58.5 Å². The van der Waals surface area contributed by atoms with Crippen LogP contribution in [-0.4, -0.2) is 20.2 Å². The number of allylic oxidation sites excluding steroid dienone is 2. The molecular formula is C13H10N2O4S2. The van der Waals surface area contributed by atoms with Crippen LogP contribution in [-0.2, 0) is 4.79 Å². The smallest absolute Gasteiger partial charge is 0.401 e. The molecule has 1 aliphatic rings. The molecule has 0 aromatic carbocycles. The van der Waals surface area contributed by atoms with Gasteiger partial charge in [-0.15, -0.1) is 6.58 Å². The fourth-order valence-corrected chi connectivity index (χ4v) is 2.97. The van der Waals surface area contributed by atoms with Crippen LogP contribution in [0.3, 0.4) is 0 Å². The predicted octanol–water partition coefficient (Wildman–Crippen LogP) is 3.63. The highest BCUT2D eigenvalue weighted by Gasteiger charge is 2.21. The Morgan fingerprint density at radius 3 is 3.00 bits per heavy atom. The first-order valence-electron chi connectivity index (χ1n) is 5.77. The zero-order valence-electron chi connectivity index (χ0n) is 10.7. The molecule has 21 heavy (non-hydrogen) atoms. The van der Waals surface area contributed by atoms with Crippen LogP contribution in [0.5, 0.6) is 0 Å². The van der Waals surface area contributed by atoms with Gasteiger partial charge in [0.1, 0.15) is 20.8 Å². The summed E-state index contributed by atoms with van der Waals surface area (Å²) in [5, 5.41) is 10.3. The van der Waals surface area contributed by atoms with Crippen molar-refractivity contribution in [2.75, 3.05) is 5.75 Å². The standard InChI is InChI=1S/C13H10N2O4S2/c1-2-8-20-13-14-10(12(16)21-13)5-3-4-9-6-7-11(19-9)15(17)18/h2-7H,1,8H2. The van der Waals surface area contributed by atoms with Crippen molar-refractivity contribution >= 4 is 45.0 Å². The summed E-state index contributed by atoms with van der Waals surface area (Å²) in [6.07, 6.45) is 6.39. The largest absolute Gasteiger partial charge is 0.433 e. The second-order valence-electron chi connectivity index (χ2n) is 3.71. The Morgan fingerprint density at radius 1 is 1.52 bits per heavy atom. The van der Waals surface area contributed by atoms with E-state index < -0.39 is 4.92 Å². The Kier molecular flexibility index (Phi) is 5.18. The number of nitro groups is 1. The first-order chi connectivity index (χ1) is 10.1. The molecule has 0 amide bonds. The van der Waals surface area contributed by atoms with E-state index in [4.69, 9.17) is 4.42 Å². The third kappa shape index (κ3) is 4.20. The van der Waals surface area contributed by atoms with Crippen molar-refractivity contribution in [3.63, 3.8) is 0 Å². The topological polar surface area (TPSA) is 85.7 Å². The van der Waals surface area contributed by atoms with Crippen molar-refractivity contribution in [3.8, 4) is 0 Å². The molecule has 0 saturated heterocycles. The van der Waals surface area contributed by atoms with Crippen LogP contribution in [0.1, 0.15) is 5.76 Å². The monoisotopic (exact) mass is 322 g/mol. The zero-order valence-corrected chi connectivity index (χ0v) is 12.4. The van der Waals surface area contributed by atoms with Gasteiger partial charge in [-0.05, 0) is 30.0 Å². The summed E-state index contributed by atoms with van der Waals surface area (Å²) in [6.45, 7) is 3.60. The van der Waals surface area contributed by atoms with Gasteiger partial charge in [0.25, 0.3) is 0 Å². The lowest BCUT2D eigenvalue weighted by atomic mass is 10.3. The average Bonchev–Trinajstić information content (AvgIpc) is 3.04. The lowest BCUT2D eigenvalue weighted by molar-refractivity contribution is -0.402. The molecule has 0 spiro atoms. The molecule has 1 aromatic heterocycles. The second-order valence-corrected chi connectivity index (χ2v) is 5.94. The molecule has 1 aromatic rings. The summed E-state index contributed by atoms with van der Waals surface area (Å²) in [5.41, 5.74) is 0.337. The van der Waals surface area contributed by atoms with Gasteiger partial charge in [-0.25, -0.2) is 4.99 Å². The summed E-state index contributed by atoms with van der Waals surface area (Å²) in [5.74, 6) is 0.705. The maximum atomic E-state index is 11.7. The van der Waals surface area contributed by atoms with Gasteiger partial charge in [-0.3, -0.25) is 14.9 Å². The summed E-state index contributed by atoms with van der Waals surface area (Å²) in [7, 11) is 0. The van der Waals surface area contributed by atoms with Crippen molar-refractivity contribution in [2.24, 2.45) is 4.99 Å². The van der Waals surface area contributed by atoms with E-state index in [-0.39, 0.29) is 11.0 Å². The number of aliphatic imine (C=N–C) groups is 1. The third-order valence-electron chi connectivity index (χ3n) is 2.23. The van der Waals surface area contributed by atoms with Gasteiger partial charge in [-0.1, -0.05) is 23.9 Å². The number of rotatable bonds is 5. The van der Waals surface area contributed by atoms with Gasteiger partial charge in [-0.2, -0.15) is 0 Å². The fraction of sp³-hybridized carbons (Fsp3) is 0.0769. The summed E-state index contributed by atoms with van der Waals surface area (Å²) >= 11 is 2.52. The minimum Gasteiger partial charge on any atom is -0.401 e. The number of hydrogen-bond donors (Lipinski definition) is 0. The molecule has 108 valence electrons. The lowest BCUT2D eigenvalue weighted by Crippen LogP contribution is -1.87. The van der Waals surface area contributed by atoms with Crippen molar-refractivity contribution < 1.29 is 14.1 Å². The molecule has 6 nitrogen and oxygen atoms in total. The van der Waals surface area contributed by atoms with Crippen LogP contribution in [0.2, 0.25) is 0 Å². The van der Waals surface area contributed by atoms with E-state index in [2.05, 4.69) is 11.6 Å². The SMILES string of the molecule is C=CCSC1=NC(=CC=Cc2ccc([N+](=O)[O-])o2)C(=O)S1. The predicted molar refractivity (Wildman–Crippen MR) is 85.2 cm³/mol. The molecule has 0 aliphatic carbocycles. The van der Waals surface area contributed by atoms with E-state index in [9.17, 15) is 14.9 Å². The lowest BCUT2D eigenvalue weighted by Gasteiger charge is -1.90. The van der Waals surface area contributed by atoms with E-state index in [1.807, 2.05) is 0 Å². The maximum absolute atomic E-state index is 11.7. The van der Waals surface area contributed by atoms with Crippen molar-refractivity contribution in [1.29, 1.82) is 0 Å². The summed E-state index contributed by atoms with van der Waals surface area (Å²) in [4.78, 5) is 25.7. The minimum atomic E-state index is -0.611. The first kappa shape index (κ1) is 15.3. The van der Waals surface area contributed by atoms with Crippen LogP contribution in [0, 0.1) is 10.1 Å². The Balaban J connectivity index is 2.03. The Bertz CT molecular complexity index is 673. The quantitative estimate of drug-likeness (QED) is 0.356. The molecule has 1 aliphatic heterocycles. The molecule has 0 fully saturated rings. The number of carbonyl (C=O) groups excluding carboxylic acids is 1. The van der Waals surface area contributed by atoms with Gasteiger partial charge in [0, 0.05) is 5.75 Å². The number of thioether (sulfide) groups is 2. The minimum absolute atomic E-state index is 0.128. The second kappa shape index (κ2) is 7.09. The van der Waals surface area contributed by atoms with E-state index in [1.54, 1.807) is 18.2 Å². The Morgan fingerprint density at radius 2 is 2.33 bits per heavy atom. The van der Waals surface area contributed by atoms with Gasteiger partial charge in [0.15, 0.2) is 0 Å². The van der Waals surface area contributed by atoms with Crippen LogP contribution in [0.25, 0.3) is 6.08 Å². The van der Waals surface area contributed by atoms with Crippen LogP contribution >= 0.6 is 23.5 Å². The van der Waals surface area contributed by atoms with E-state index >= 15 is 0 Å². The van der Waals surface area contributed by atoms with Crippen LogP contribution < -0.4 is 0 Å². The molecule has 2 heterocycles. The van der Waals surface area contributed by atoms with Gasteiger partial charge < -0.3 is 4.42 Å². The van der Waals surface area contributed by atoms with E-state index in [0.717, 1.165) is 11.8 Å². The Labute approximate surface area is 128 Å². The average molecular weight is 322 g/mol. The molecular weight excluding hydrogens is 312 g/mol. The molecule has 2 rings (SSSR count). The zero-order chi connectivity index (χ0) is 15.2. The van der Waals surface area contributed by atoms with Crippen LogP contribution in [0.15, 0.2) is 52.0 Å². The molecule has 0 radical (unpaired) electrons. The first-order valence-corrected chi connectivity index (χ1v) is 7.57. The normalized spacial score (nSPS) is 16.7. The molecule has 0 saturated carbocycles. The van der Waals surface area contributed by atoms with Gasteiger partial charge >= 0.3 is 5.88 Å². The highest BCUT2D eigenvalue weighted by atomic mass is 32.2. The number of nitrogens with zero attached hydrogens (tertiary/aromatic N) is 2. The fourth-order valence-electron chi connectivity index (χ4n) is 1.36.